The second kappa shape index (κ2) is 6.46. The van der Waals surface area contributed by atoms with Crippen LogP contribution in [-0.4, -0.2) is 26.2 Å². The summed E-state index contributed by atoms with van der Waals surface area (Å²) in [5.41, 5.74) is 6.18. The molecule has 0 unspecified atom stereocenters. The molecular formula is C10H17N3. The number of hydrogen-bond donors (Lipinski definition) is 3. The fraction of sp³-hybridized carbons (Fsp3) is 0.400. The lowest BCUT2D eigenvalue weighted by Crippen LogP contribution is -2.39. The van der Waals surface area contributed by atoms with Crippen LogP contribution < -0.4 is 16.4 Å². The van der Waals surface area contributed by atoms with E-state index in [0.717, 1.165) is 31.9 Å². The predicted molar refractivity (Wildman–Crippen MR) is 56.6 cm³/mol. The summed E-state index contributed by atoms with van der Waals surface area (Å²) in [4.78, 5) is 0. The maximum absolute atomic E-state index is 5.36. The molecule has 2 rings (SSSR count). The molecule has 0 saturated carbocycles. The lowest BCUT2D eigenvalue weighted by atomic mass is 10.3. The van der Waals surface area contributed by atoms with Crippen molar-refractivity contribution >= 4 is 5.69 Å². The van der Waals surface area contributed by atoms with Crippen molar-refractivity contribution in [3.8, 4) is 0 Å². The summed E-state index contributed by atoms with van der Waals surface area (Å²) in [7, 11) is 0. The first-order chi connectivity index (χ1) is 6.39. The van der Waals surface area contributed by atoms with Crippen molar-refractivity contribution in [1.29, 1.82) is 0 Å². The number of piperazine rings is 1. The summed E-state index contributed by atoms with van der Waals surface area (Å²) in [5.74, 6) is 0. The van der Waals surface area contributed by atoms with Crippen LogP contribution in [0, 0.1) is 0 Å². The highest BCUT2D eigenvalue weighted by atomic mass is 15.0. The molecule has 1 saturated heterocycles. The van der Waals surface area contributed by atoms with Crippen LogP contribution >= 0.6 is 0 Å². The van der Waals surface area contributed by atoms with Crippen LogP contribution in [0.2, 0.25) is 0 Å². The van der Waals surface area contributed by atoms with Crippen LogP contribution in [-0.2, 0) is 0 Å². The number of nitrogens with two attached hydrogens (primary N) is 1. The van der Waals surface area contributed by atoms with Gasteiger partial charge in [0.1, 0.15) is 0 Å². The van der Waals surface area contributed by atoms with E-state index in [4.69, 9.17) is 5.73 Å². The van der Waals surface area contributed by atoms with Gasteiger partial charge < -0.3 is 16.4 Å². The monoisotopic (exact) mass is 179 g/mol. The molecule has 72 valence electrons. The minimum atomic E-state index is 0.822. The van der Waals surface area contributed by atoms with Gasteiger partial charge in [-0.15, -0.1) is 0 Å². The Morgan fingerprint density at radius 3 is 1.54 bits per heavy atom. The molecule has 1 aromatic carbocycles. The van der Waals surface area contributed by atoms with Gasteiger partial charge in [-0.25, -0.2) is 0 Å². The molecule has 0 aliphatic carbocycles. The molecule has 3 nitrogen and oxygen atoms in total. The molecule has 13 heavy (non-hydrogen) atoms. The third-order valence-electron chi connectivity index (χ3n) is 1.76. The molecule has 0 spiro atoms. The summed E-state index contributed by atoms with van der Waals surface area (Å²) >= 11 is 0. The first kappa shape index (κ1) is 10.0. The van der Waals surface area contributed by atoms with Gasteiger partial charge in [0.05, 0.1) is 0 Å². The molecule has 0 radical (unpaired) electrons. The average molecular weight is 179 g/mol. The third kappa shape index (κ3) is 5.22. The lowest BCUT2D eigenvalue weighted by molar-refractivity contribution is 0.534. The Labute approximate surface area is 79.3 Å². The van der Waals surface area contributed by atoms with Crippen LogP contribution in [0.3, 0.4) is 0 Å². The van der Waals surface area contributed by atoms with Gasteiger partial charge in [0.15, 0.2) is 0 Å². The minimum absolute atomic E-state index is 0.822. The fourth-order valence-electron chi connectivity index (χ4n) is 1.06. The van der Waals surface area contributed by atoms with Gasteiger partial charge >= 0.3 is 0 Å². The maximum atomic E-state index is 5.36. The number of anilines is 1. The zero-order chi connectivity index (χ0) is 9.36. The average Bonchev–Trinajstić information content (AvgIpc) is 2.22. The zero-order valence-electron chi connectivity index (χ0n) is 7.79. The van der Waals surface area contributed by atoms with E-state index in [9.17, 15) is 0 Å². The number of hydrogen-bond acceptors (Lipinski definition) is 3. The quantitative estimate of drug-likeness (QED) is 0.507. The van der Waals surface area contributed by atoms with Crippen LogP contribution in [0.4, 0.5) is 5.69 Å². The van der Waals surface area contributed by atoms with Crippen LogP contribution in [0.5, 0.6) is 0 Å². The zero-order valence-corrected chi connectivity index (χ0v) is 7.79. The van der Waals surface area contributed by atoms with Gasteiger partial charge in [0.2, 0.25) is 0 Å². The fourth-order valence-corrected chi connectivity index (χ4v) is 1.06. The summed E-state index contributed by atoms with van der Waals surface area (Å²) in [6, 6.07) is 9.49. The molecule has 0 bridgehead atoms. The Kier molecular flexibility index (Phi) is 4.98. The Balaban J connectivity index is 0.000000132. The van der Waals surface area contributed by atoms with Gasteiger partial charge in [-0.3, -0.25) is 0 Å². The molecule has 4 N–H and O–H groups in total. The Bertz CT molecular complexity index is 195. The minimum Gasteiger partial charge on any atom is -0.399 e. The van der Waals surface area contributed by atoms with E-state index in [1.54, 1.807) is 0 Å². The standard InChI is InChI=1S/C6H7N.C4H10N2/c7-6-4-2-1-3-5-6;1-2-6-4-3-5-1/h1-5H,7H2;5-6H,1-4H2. The summed E-state index contributed by atoms with van der Waals surface area (Å²) in [6.45, 7) is 4.56. The largest absolute Gasteiger partial charge is 0.399 e. The molecule has 0 atom stereocenters. The first-order valence-electron chi connectivity index (χ1n) is 4.61. The van der Waals surface area contributed by atoms with E-state index in [1.807, 2.05) is 30.3 Å². The molecule has 3 heteroatoms. The van der Waals surface area contributed by atoms with Crippen molar-refractivity contribution in [3.63, 3.8) is 0 Å². The van der Waals surface area contributed by atoms with E-state index < -0.39 is 0 Å². The summed E-state index contributed by atoms with van der Waals surface area (Å²) in [5, 5.41) is 6.44. The van der Waals surface area contributed by atoms with E-state index in [2.05, 4.69) is 10.6 Å². The number of rotatable bonds is 0. The SMILES string of the molecule is C1CNCCN1.Nc1ccccc1. The first-order valence-corrected chi connectivity index (χ1v) is 4.61. The summed E-state index contributed by atoms with van der Waals surface area (Å²) < 4.78 is 0. The molecule has 0 aromatic heterocycles. The molecular weight excluding hydrogens is 162 g/mol. The predicted octanol–water partition coefficient (Wildman–Crippen LogP) is 0.448. The number of para-hydroxylation sites is 1. The van der Waals surface area contributed by atoms with Gasteiger partial charge in [-0.1, -0.05) is 18.2 Å². The van der Waals surface area contributed by atoms with Crippen LogP contribution in [0.15, 0.2) is 30.3 Å². The smallest absolute Gasteiger partial charge is 0.0313 e. The maximum Gasteiger partial charge on any atom is 0.0313 e. The highest BCUT2D eigenvalue weighted by Crippen LogP contribution is 1.95. The van der Waals surface area contributed by atoms with Crippen LogP contribution in [0.1, 0.15) is 0 Å². The molecule has 1 aliphatic rings. The number of nitrogens with one attached hydrogen (secondary N) is 2. The van der Waals surface area contributed by atoms with E-state index in [0.29, 0.717) is 0 Å². The topological polar surface area (TPSA) is 50.1 Å². The van der Waals surface area contributed by atoms with Crippen molar-refractivity contribution in [2.75, 3.05) is 31.9 Å². The van der Waals surface area contributed by atoms with E-state index >= 15 is 0 Å². The van der Waals surface area contributed by atoms with Gasteiger partial charge in [-0.05, 0) is 12.1 Å². The molecule has 0 amide bonds. The second-order valence-electron chi connectivity index (χ2n) is 2.91. The van der Waals surface area contributed by atoms with Gasteiger partial charge in [0, 0.05) is 31.9 Å². The van der Waals surface area contributed by atoms with E-state index in [1.165, 1.54) is 0 Å². The molecule has 1 aliphatic heterocycles. The molecule has 1 heterocycles. The Morgan fingerprint density at radius 1 is 0.846 bits per heavy atom. The van der Waals surface area contributed by atoms with E-state index in [-0.39, 0.29) is 0 Å². The normalized spacial score (nSPS) is 15.7. The molecule has 1 aromatic rings. The lowest BCUT2D eigenvalue weighted by Gasteiger charge is -2.11. The van der Waals surface area contributed by atoms with Crippen molar-refractivity contribution in [3.05, 3.63) is 30.3 Å². The van der Waals surface area contributed by atoms with Crippen molar-refractivity contribution < 1.29 is 0 Å². The third-order valence-corrected chi connectivity index (χ3v) is 1.76. The van der Waals surface area contributed by atoms with Crippen molar-refractivity contribution in [2.45, 2.75) is 0 Å². The number of benzene rings is 1. The molecule has 1 fully saturated rings. The van der Waals surface area contributed by atoms with Crippen molar-refractivity contribution in [1.82, 2.24) is 10.6 Å². The number of nitrogen functional groups attached to an aromatic ring is 1. The van der Waals surface area contributed by atoms with Gasteiger partial charge in [-0.2, -0.15) is 0 Å². The Morgan fingerprint density at radius 2 is 1.31 bits per heavy atom. The summed E-state index contributed by atoms with van der Waals surface area (Å²) in [6.07, 6.45) is 0. The highest BCUT2D eigenvalue weighted by Gasteiger charge is 1.91. The Hall–Kier alpha value is -1.06. The van der Waals surface area contributed by atoms with Crippen molar-refractivity contribution in [2.24, 2.45) is 0 Å². The van der Waals surface area contributed by atoms with Gasteiger partial charge in [0.25, 0.3) is 0 Å². The second-order valence-corrected chi connectivity index (χ2v) is 2.91. The van der Waals surface area contributed by atoms with Crippen LogP contribution in [0.25, 0.3) is 0 Å². The highest BCUT2D eigenvalue weighted by molar-refractivity contribution is 5.35.